The highest BCUT2D eigenvalue weighted by Gasteiger charge is 2.12. The predicted octanol–water partition coefficient (Wildman–Crippen LogP) is 1.73. The van der Waals surface area contributed by atoms with Gasteiger partial charge >= 0.3 is 0 Å². The molecule has 96 valence electrons. The van der Waals surface area contributed by atoms with Crippen LogP contribution in [0.3, 0.4) is 0 Å². The minimum absolute atomic E-state index is 0.123. The summed E-state index contributed by atoms with van der Waals surface area (Å²) in [5, 5.41) is 3.93. The predicted molar refractivity (Wildman–Crippen MR) is 67.6 cm³/mol. The van der Waals surface area contributed by atoms with Crippen molar-refractivity contribution in [2.75, 3.05) is 13.7 Å². The van der Waals surface area contributed by atoms with E-state index in [4.69, 9.17) is 15.0 Å². The molecule has 1 heterocycles. The van der Waals surface area contributed by atoms with Gasteiger partial charge in [0.25, 0.3) is 0 Å². The lowest BCUT2D eigenvalue weighted by atomic mass is 10.1. The van der Waals surface area contributed by atoms with E-state index in [1.54, 1.807) is 7.11 Å². The Bertz CT molecular complexity index is 493. The van der Waals surface area contributed by atoms with Crippen LogP contribution in [-0.4, -0.2) is 23.8 Å². The van der Waals surface area contributed by atoms with E-state index in [2.05, 4.69) is 10.1 Å². The van der Waals surface area contributed by atoms with Crippen LogP contribution in [0.2, 0.25) is 0 Å². The molecule has 5 heteroatoms. The zero-order chi connectivity index (χ0) is 13.0. The molecule has 18 heavy (non-hydrogen) atoms. The van der Waals surface area contributed by atoms with Crippen LogP contribution in [0, 0.1) is 0 Å². The number of benzene rings is 1. The maximum atomic E-state index is 5.56. The van der Waals surface area contributed by atoms with Gasteiger partial charge in [-0.15, -0.1) is 0 Å². The molecule has 2 N–H and O–H groups in total. The summed E-state index contributed by atoms with van der Waals surface area (Å²) in [5.74, 6) is 2.23. The average molecular weight is 247 g/mol. The van der Waals surface area contributed by atoms with Gasteiger partial charge in [-0.1, -0.05) is 24.2 Å². The van der Waals surface area contributed by atoms with Crippen molar-refractivity contribution in [3.05, 3.63) is 41.5 Å². The molecule has 0 aliphatic heterocycles. The van der Waals surface area contributed by atoms with E-state index in [0.29, 0.717) is 24.7 Å². The first kappa shape index (κ1) is 12.6. The van der Waals surface area contributed by atoms with Gasteiger partial charge in [-0.3, -0.25) is 0 Å². The van der Waals surface area contributed by atoms with Crippen molar-refractivity contribution in [1.82, 2.24) is 10.1 Å². The van der Waals surface area contributed by atoms with E-state index in [0.717, 1.165) is 11.3 Å². The summed E-state index contributed by atoms with van der Waals surface area (Å²) >= 11 is 0. The number of nitrogens with two attached hydrogens (primary N) is 1. The molecule has 1 unspecified atom stereocenters. The number of nitrogens with zero attached hydrogens (tertiary/aromatic N) is 2. The maximum Gasteiger partial charge on any atom is 0.231 e. The van der Waals surface area contributed by atoms with Gasteiger partial charge in [0, 0.05) is 12.5 Å². The molecule has 2 aromatic rings. The Hall–Kier alpha value is -1.88. The molecule has 1 atom stereocenters. The molecule has 0 amide bonds. The van der Waals surface area contributed by atoms with Gasteiger partial charge in [0.15, 0.2) is 5.82 Å². The van der Waals surface area contributed by atoms with E-state index in [-0.39, 0.29) is 5.92 Å². The molecule has 0 fully saturated rings. The largest absolute Gasteiger partial charge is 0.497 e. The Kier molecular flexibility index (Phi) is 3.94. The van der Waals surface area contributed by atoms with Crippen LogP contribution in [0.1, 0.15) is 30.1 Å². The topological polar surface area (TPSA) is 74.2 Å². The zero-order valence-corrected chi connectivity index (χ0v) is 10.6. The minimum atomic E-state index is 0.123. The minimum Gasteiger partial charge on any atom is -0.497 e. The molecule has 0 radical (unpaired) electrons. The number of hydrogen-bond donors (Lipinski definition) is 1. The molecule has 1 aromatic carbocycles. The van der Waals surface area contributed by atoms with Gasteiger partial charge in [-0.05, 0) is 17.7 Å². The van der Waals surface area contributed by atoms with Crippen molar-refractivity contribution in [3.8, 4) is 5.75 Å². The fraction of sp³-hybridized carbons (Fsp3) is 0.385. The number of aromatic nitrogens is 2. The molecule has 0 spiro atoms. The maximum absolute atomic E-state index is 5.56. The van der Waals surface area contributed by atoms with Gasteiger partial charge in [0.2, 0.25) is 5.89 Å². The van der Waals surface area contributed by atoms with E-state index >= 15 is 0 Å². The Morgan fingerprint density at radius 3 is 2.67 bits per heavy atom. The Labute approximate surface area is 106 Å². The Morgan fingerprint density at radius 2 is 2.06 bits per heavy atom. The first-order chi connectivity index (χ1) is 8.72. The van der Waals surface area contributed by atoms with Crippen LogP contribution in [0.4, 0.5) is 0 Å². The number of rotatable bonds is 5. The van der Waals surface area contributed by atoms with Crippen LogP contribution < -0.4 is 10.5 Å². The summed E-state index contributed by atoms with van der Waals surface area (Å²) in [7, 11) is 1.65. The van der Waals surface area contributed by atoms with E-state index in [1.807, 2.05) is 31.2 Å². The van der Waals surface area contributed by atoms with Gasteiger partial charge in [0.05, 0.1) is 13.5 Å². The third-order valence-electron chi connectivity index (χ3n) is 2.79. The molecule has 0 aliphatic rings. The van der Waals surface area contributed by atoms with Crippen molar-refractivity contribution in [3.63, 3.8) is 0 Å². The van der Waals surface area contributed by atoms with Crippen molar-refractivity contribution in [2.24, 2.45) is 5.73 Å². The van der Waals surface area contributed by atoms with Crippen LogP contribution >= 0.6 is 0 Å². The summed E-state index contributed by atoms with van der Waals surface area (Å²) in [6.45, 7) is 2.49. The first-order valence-corrected chi connectivity index (χ1v) is 5.88. The standard InChI is InChI=1S/C13H17N3O2/c1-9(8-14)13-15-12(18-16-13)7-10-3-5-11(17-2)6-4-10/h3-6,9H,7-8,14H2,1-2H3. The second-order valence-electron chi connectivity index (χ2n) is 4.21. The monoisotopic (exact) mass is 247 g/mol. The molecule has 0 saturated heterocycles. The smallest absolute Gasteiger partial charge is 0.231 e. The third kappa shape index (κ3) is 2.87. The number of ether oxygens (including phenoxy) is 1. The van der Waals surface area contributed by atoms with E-state index < -0.39 is 0 Å². The Balaban J connectivity index is 2.06. The first-order valence-electron chi connectivity index (χ1n) is 5.88. The quantitative estimate of drug-likeness (QED) is 0.871. The Morgan fingerprint density at radius 1 is 1.33 bits per heavy atom. The normalized spacial score (nSPS) is 12.4. The van der Waals surface area contributed by atoms with Crippen molar-refractivity contribution in [1.29, 1.82) is 0 Å². The fourth-order valence-electron chi connectivity index (χ4n) is 1.56. The number of methoxy groups -OCH3 is 1. The summed E-state index contributed by atoms with van der Waals surface area (Å²) < 4.78 is 10.3. The molecular formula is C13H17N3O2. The molecule has 5 nitrogen and oxygen atoms in total. The molecular weight excluding hydrogens is 230 g/mol. The number of hydrogen-bond acceptors (Lipinski definition) is 5. The van der Waals surface area contributed by atoms with E-state index in [1.165, 1.54) is 0 Å². The second-order valence-corrected chi connectivity index (χ2v) is 4.21. The van der Waals surface area contributed by atoms with Crippen LogP contribution in [0.25, 0.3) is 0 Å². The van der Waals surface area contributed by atoms with Gasteiger partial charge in [-0.25, -0.2) is 0 Å². The summed E-state index contributed by atoms with van der Waals surface area (Å²) in [6, 6.07) is 7.79. The highest BCUT2D eigenvalue weighted by Crippen LogP contribution is 2.15. The SMILES string of the molecule is COc1ccc(Cc2nc(C(C)CN)no2)cc1. The van der Waals surface area contributed by atoms with Gasteiger partial charge in [0.1, 0.15) is 5.75 Å². The lowest BCUT2D eigenvalue weighted by molar-refractivity contribution is 0.376. The summed E-state index contributed by atoms with van der Waals surface area (Å²) in [5.41, 5.74) is 6.67. The van der Waals surface area contributed by atoms with Crippen molar-refractivity contribution >= 4 is 0 Å². The van der Waals surface area contributed by atoms with Gasteiger partial charge in [-0.2, -0.15) is 4.98 Å². The molecule has 0 bridgehead atoms. The van der Waals surface area contributed by atoms with Crippen molar-refractivity contribution < 1.29 is 9.26 Å². The highest BCUT2D eigenvalue weighted by molar-refractivity contribution is 5.28. The van der Waals surface area contributed by atoms with E-state index in [9.17, 15) is 0 Å². The van der Waals surface area contributed by atoms with Crippen LogP contribution in [-0.2, 0) is 6.42 Å². The molecule has 0 aliphatic carbocycles. The van der Waals surface area contributed by atoms with Crippen LogP contribution in [0.5, 0.6) is 5.75 Å². The molecule has 0 saturated carbocycles. The molecule has 1 aromatic heterocycles. The van der Waals surface area contributed by atoms with Gasteiger partial charge < -0.3 is 15.0 Å². The summed E-state index contributed by atoms with van der Waals surface area (Å²) in [6.07, 6.45) is 0.619. The third-order valence-corrected chi connectivity index (χ3v) is 2.79. The second kappa shape index (κ2) is 5.64. The van der Waals surface area contributed by atoms with Crippen LogP contribution in [0.15, 0.2) is 28.8 Å². The average Bonchev–Trinajstić information content (AvgIpc) is 2.87. The highest BCUT2D eigenvalue weighted by atomic mass is 16.5. The summed E-state index contributed by atoms with van der Waals surface area (Å²) in [4.78, 5) is 4.33. The lowest BCUT2D eigenvalue weighted by Crippen LogP contribution is -2.10. The fourth-order valence-corrected chi connectivity index (χ4v) is 1.56. The van der Waals surface area contributed by atoms with Crippen molar-refractivity contribution in [2.45, 2.75) is 19.3 Å². The lowest BCUT2D eigenvalue weighted by Gasteiger charge is -2.01. The molecule has 2 rings (SSSR count). The zero-order valence-electron chi connectivity index (χ0n) is 10.6.